The number of halogens is 1. The highest BCUT2D eigenvalue weighted by Crippen LogP contribution is 2.35. The van der Waals surface area contributed by atoms with Crippen LogP contribution in [0.2, 0.25) is 0 Å². The number of piperidine rings is 1. The molecule has 1 aliphatic heterocycles. The van der Waals surface area contributed by atoms with Gasteiger partial charge in [-0.25, -0.2) is 0 Å². The highest BCUT2D eigenvalue weighted by atomic mass is 79.9. The predicted molar refractivity (Wildman–Crippen MR) is 73.4 cm³/mol. The highest BCUT2D eigenvalue weighted by Gasteiger charge is 2.32. The first-order chi connectivity index (χ1) is 8.50. The zero-order chi connectivity index (χ0) is 13.3. The van der Waals surface area contributed by atoms with Gasteiger partial charge in [-0.05, 0) is 38.6 Å². The fraction of sp³-hybridized carbons (Fsp3) is 0.500. The second-order valence-corrected chi connectivity index (χ2v) is 5.61. The Kier molecular flexibility index (Phi) is 3.99. The van der Waals surface area contributed by atoms with Gasteiger partial charge in [0.1, 0.15) is 0 Å². The lowest BCUT2D eigenvalue weighted by Crippen LogP contribution is -2.44. The van der Waals surface area contributed by atoms with Gasteiger partial charge >= 0.3 is 0 Å². The minimum atomic E-state index is -0.338. The summed E-state index contributed by atoms with van der Waals surface area (Å²) in [4.78, 5) is 12.9. The molecule has 1 saturated heterocycles. The van der Waals surface area contributed by atoms with Crippen LogP contribution in [0.4, 0.5) is 5.69 Å². The molecule has 0 saturated carbocycles. The molecule has 2 atom stereocenters. The Hall–Kier alpha value is -0.980. The Morgan fingerprint density at radius 2 is 2.28 bits per heavy atom. The van der Waals surface area contributed by atoms with Crippen molar-refractivity contribution in [3.8, 4) is 0 Å². The van der Waals surface area contributed by atoms with E-state index in [-0.39, 0.29) is 22.7 Å². The average Bonchev–Trinajstić information content (AvgIpc) is 2.30. The second-order valence-electron chi connectivity index (χ2n) is 4.69. The monoisotopic (exact) mass is 313 g/mol. The molecule has 1 heterocycles. The number of nitrogens with two attached hydrogens (primary N) is 1. The highest BCUT2D eigenvalue weighted by molar-refractivity contribution is 9.10. The van der Waals surface area contributed by atoms with Gasteiger partial charge in [-0.3, -0.25) is 15.0 Å². The Morgan fingerprint density at radius 3 is 2.89 bits per heavy atom. The Bertz CT molecular complexity index is 457. The SMILES string of the molecule is CN1CCCC(N)C1c1ccc(Br)cc1[N+](=O)[O-]. The van der Waals surface area contributed by atoms with Crippen molar-refractivity contribution in [2.45, 2.75) is 24.9 Å². The molecule has 98 valence electrons. The first kappa shape index (κ1) is 13.5. The van der Waals surface area contributed by atoms with Crippen LogP contribution in [0.25, 0.3) is 0 Å². The van der Waals surface area contributed by atoms with Gasteiger partial charge in [0, 0.05) is 22.1 Å². The molecule has 0 radical (unpaired) electrons. The van der Waals surface area contributed by atoms with Crippen LogP contribution < -0.4 is 5.73 Å². The van der Waals surface area contributed by atoms with Crippen molar-refractivity contribution in [3.05, 3.63) is 38.3 Å². The number of benzene rings is 1. The number of hydrogen-bond acceptors (Lipinski definition) is 4. The van der Waals surface area contributed by atoms with Gasteiger partial charge in [0.05, 0.1) is 11.0 Å². The summed E-state index contributed by atoms with van der Waals surface area (Å²) in [6, 6.07) is 5.05. The molecule has 1 aromatic carbocycles. The maximum absolute atomic E-state index is 11.2. The molecule has 1 fully saturated rings. The standard InChI is InChI=1S/C12H16BrN3O2/c1-15-6-2-3-10(14)12(15)9-5-4-8(13)7-11(9)16(17)18/h4-5,7,10,12H,2-3,6,14H2,1H3. The Labute approximate surface area is 114 Å². The van der Waals surface area contributed by atoms with E-state index in [0.717, 1.165) is 19.4 Å². The summed E-state index contributed by atoms with van der Waals surface area (Å²) in [5, 5.41) is 11.2. The fourth-order valence-electron chi connectivity index (χ4n) is 2.59. The zero-order valence-electron chi connectivity index (χ0n) is 10.2. The van der Waals surface area contributed by atoms with Gasteiger partial charge in [0.2, 0.25) is 0 Å². The number of nitrogens with zero attached hydrogens (tertiary/aromatic N) is 2. The third-order valence-electron chi connectivity index (χ3n) is 3.44. The number of likely N-dealkylation sites (N-methyl/N-ethyl adjacent to an activating group) is 1. The summed E-state index contributed by atoms with van der Waals surface area (Å²) < 4.78 is 0.713. The molecular formula is C12H16BrN3O2. The van der Waals surface area contributed by atoms with Crippen LogP contribution in [-0.4, -0.2) is 29.5 Å². The molecule has 2 N–H and O–H groups in total. The lowest BCUT2D eigenvalue weighted by molar-refractivity contribution is -0.386. The van der Waals surface area contributed by atoms with E-state index in [0.29, 0.717) is 10.0 Å². The van der Waals surface area contributed by atoms with Crippen LogP contribution in [0.5, 0.6) is 0 Å². The van der Waals surface area contributed by atoms with E-state index in [1.165, 1.54) is 0 Å². The largest absolute Gasteiger partial charge is 0.326 e. The van der Waals surface area contributed by atoms with E-state index in [4.69, 9.17) is 5.73 Å². The van der Waals surface area contributed by atoms with E-state index in [1.807, 2.05) is 13.1 Å². The summed E-state index contributed by atoms with van der Waals surface area (Å²) in [7, 11) is 1.97. The van der Waals surface area contributed by atoms with E-state index < -0.39 is 0 Å². The van der Waals surface area contributed by atoms with Gasteiger partial charge in [0.25, 0.3) is 5.69 Å². The van der Waals surface area contributed by atoms with Gasteiger partial charge in [-0.1, -0.05) is 15.9 Å². The third kappa shape index (κ3) is 2.55. The predicted octanol–water partition coefficient (Wildman–Crippen LogP) is 2.45. The fourth-order valence-corrected chi connectivity index (χ4v) is 2.94. The summed E-state index contributed by atoms with van der Waals surface area (Å²) >= 11 is 3.27. The number of nitro groups is 1. The molecule has 2 unspecified atom stereocenters. The van der Waals surface area contributed by atoms with Crippen molar-refractivity contribution in [1.29, 1.82) is 0 Å². The zero-order valence-corrected chi connectivity index (χ0v) is 11.8. The lowest BCUT2D eigenvalue weighted by Gasteiger charge is -2.37. The van der Waals surface area contributed by atoms with E-state index in [9.17, 15) is 10.1 Å². The van der Waals surface area contributed by atoms with Crippen LogP contribution in [0.15, 0.2) is 22.7 Å². The minimum Gasteiger partial charge on any atom is -0.326 e. The van der Waals surface area contributed by atoms with E-state index >= 15 is 0 Å². The molecule has 1 aliphatic rings. The van der Waals surface area contributed by atoms with Crippen molar-refractivity contribution in [2.24, 2.45) is 5.73 Å². The van der Waals surface area contributed by atoms with E-state index in [1.54, 1.807) is 12.1 Å². The minimum absolute atomic E-state index is 0.0522. The number of likely N-dealkylation sites (tertiary alicyclic amines) is 1. The van der Waals surface area contributed by atoms with Crippen LogP contribution in [0.1, 0.15) is 24.4 Å². The molecule has 0 bridgehead atoms. The van der Waals surface area contributed by atoms with Gasteiger partial charge < -0.3 is 5.73 Å². The van der Waals surface area contributed by atoms with Gasteiger partial charge in [-0.15, -0.1) is 0 Å². The maximum Gasteiger partial charge on any atom is 0.275 e. The van der Waals surface area contributed by atoms with Crippen molar-refractivity contribution < 1.29 is 4.92 Å². The Morgan fingerprint density at radius 1 is 1.56 bits per heavy atom. The van der Waals surface area contributed by atoms with Crippen molar-refractivity contribution >= 4 is 21.6 Å². The summed E-state index contributed by atoms with van der Waals surface area (Å²) in [6.45, 7) is 0.922. The van der Waals surface area contributed by atoms with Crippen LogP contribution in [0.3, 0.4) is 0 Å². The molecule has 0 aliphatic carbocycles. The van der Waals surface area contributed by atoms with Crippen molar-refractivity contribution in [1.82, 2.24) is 4.90 Å². The van der Waals surface area contributed by atoms with Crippen molar-refractivity contribution in [2.75, 3.05) is 13.6 Å². The van der Waals surface area contributed by atoms with E-state index in [2.05, 4.69) is 20.8 Å². The number of rotatable bonds is 2. The lowest BCUT2D eigenvalue weighted by atomic mass is 9.90. The topological polar surface area (TPSA) is 72.4 Å². The van der Waals surface area contributed by atoms with Crippen LogP contribution in [-0.2, 0) is 0 Å². The molecule has 6 heteroatoms. The number of hydrogen-bond donors (Lipinski definition) is 1. The molecule has 0 aromatic heterocycles. The normalized spacial score (nSPS) is 25.1. The van der Waals surface area contributed by atoms with Crippen LogP contribution in [0, 0.1) is 10.1 Å². The van der Waals surface area contributed by atoms with Gasteiger partial charge in [0.15, 0.2) is 0 Å². The maximum atomic E-state index is 11.2. The molecule has 18 heavy (non-hydrogen) atoms. The molecule has 0 amide bonds. The molecule has 0 spiro atoms. The second kappa shape index (κ2) is 5.34. The first-order valence-corrected chi connectivity index (χ1v) is 6.69. The third-order valence-corrected chi connectivity index (χ3v) is 3.93. The first-order valence-electron chi connectivity index (χ1n) is 5.90. The molecule has 1 aromatic rings. The Balaban J connectivity index is 2.45. The quantitative estimate of drug-likeness (QED) is 0.672. The smallest absolute Gasteiger partial charge is 0.275 e. The van der Waals surface area contributed by atoms with Crippen molar-refractivity contribution in [3.63, 3.8) is 0 Å². The summed E-state index contributed by atoms with van der Waals surface area (Å²) in [5.74, 6) is 0. The number of nitro benzene ring substituents is 1. The van der Waals surface area contributed by atoms with Gasteiger partial charge in [-0.2, -0.15) is 0 Å². The van der Waals surface area contributed by atoms with Crippen LogP contribution >= 0.6 is 15.9 Å². The summed E-state index contributed by atoms with van der Waals surface area (Å²) in [5.41, 5.74) is 6.98. The average molecular weight is 314 g/mol. The molecule has 5 nitrogen and oxygen atoms in total. The molecule has 2 rings (SSSR count). The molecular weight excluding hydrogens is 298 g/mol. The summed E-state index contributed by atoms with van der Waals surface area (Å²) in [6.07, 6.45) is 1.95.